The summed E-state index contributed by atoms with van der Waals surface area (Å²) < 4.78 is 0. The Morgan fingerprint density at radius 1 is 1.33 bits per heavy atom. The fourth-order valence-electron chi connectivity index (χ4n) is 2.29. The van der Waals surface area contributed by atoms with Crippen LogP contribution >= 0.6 is 0 Å². The first-order valence-electron chi connectivity index (χ1n) is 5.43. The molecule has 1 saturated heterocycles. The van der Waals surface area contributed by atoms with E-state index in [1.54, 1.807) is 0 Å². The van der Waals surface area contributed by atoms with Gasteiger partial charge < -0.3 is 4.90 Å². The summed E-state index contributed by atoms with van der Waals surface area (Å²) in [4.78, 5) is 9.02. The smallest absolute Gasteiger partial charge is 0.0572 e. The molecule has 1 aliphatic rings. The summed E-state index contributed by atoms with van der Waals surface area (Å²) in [6.07, 6.45) is 3.81. The van der Waals surface area contributed by atoms with Crippen molar-refractivity contribution in [1.29, 1.82) is 0 Å². The number of piperazine rings is 1. The van der Waals surface area contributed by atoms with E-state index >= 15 is 0 Å². The Hall–Kier alpha value is -0.930. The van der Waals surface area contributed by atoms with Crippen LogP contribution in [0.4, 0.5) is 0 Å². The van der Waals surface area contributed by atoms with E-state index in [1.807, 2.05) is 18.5 Å². The minimum atomic E-state index is 0.0985. The van der Waals surface area contributed by atoms with Gasteiger partial charge in [-0.25, -0.2) is 0 Å². The molecule has 82 valence electrons. The number of hydrogen-bond donors (Lipinski definition) is 0. The molecule has 0 aliphatic carbocycles. The van der Waals surface area contributed by atoms with Crippen LogP contribution in [0.5, 0.6) is 0 Å². The molecule has 1 aromatic heterocycles. The lowest BCUT2D eigenvalue weighted by Crippen LogP contribution is -2.56. The van der Waals surface area contributed by atoms with E-state index in [4.69, 9.17) is 0 Å². The van der Waals surface area contributed by atoms with E-state index < -0.39 is 0 Å². The van der Waals surface area contributed by atoms with Crippen molar-refractivity contribution in [2.24, 2.45) is 0 Å². The minimum absolute atomic E-state index is 0.0985. The van der Waals surface area contributed by atoms with E-state index in [1.165, 1.54) is 5.56 Å². The normalized spacial score (nSPS) is 29.3. The number of rotatable bonds is 1. The lowest BCUT2D eigenvalue weighted by Gasteiger charge is -2.46. The predicted molar refractivity (Wildman–Crippen MR) is 61.7 cm³/mol. The van der Waals surface area contributed by atoms with E-state index in [9.17, 15) is 0 Å². The summed E-state index contributed by atoms with van der Waals surface area (Å²) in [7, 11) is 4.38. The van der Waals surface area contributed by atoms with E-state index in [2.05, 4.69) is 41.9 Å². The zero-order valence-corrected chi connectivity index (χ0v) is 9.77. The molecule has 0 N–H and O–H groups in total. The van der Waals surface area contributed by atoms with Gasteiger partial charge in [0.05, 0.1) is 5.54 Å². The summed E-state index contributed by atoms with van der Waals surface area (Å²) in [5, 5.41) is 0. The van der Waals surface area contributed by atoms with Crippen molar-refractivity contribution < 1.29 is 0 Å². The van der Waals surface area contributed by atoms with Crippen molar-refractivity contribution in [3.8, 4) is 0 Å². The van der Waals surface area contributed by atoms with E-state index in [0.29, 0.717) is 0 Å². The zero-order chi connectivity index (χ0) is 10.9. The molecule has 3 nitrogen and oxygen atoms in total. The third-order valence-electron chi connectivity index (χ3n) is 3.52. The summed E-state index contributed by atoms with van der Waals surface area (Å²) >= 11 is 0. The van der Waals surface area contributed by atoms with Crippen molar-refractivity contribution in [3.63, 3.8) is 0 Å². The number of aromatic nitrogens is 1. The van der Waals surface area contributed by atoms with Crippen LogP contribution in [0.15, 0.2) is 24.5 Å². The maximum Gasteiger partial charge on any atom is 0.0572 e. The highest BCUT2D eigenvalue weighted by Gasteiger charge is 2.35. The molecule has 1 aliphatic heterocycles. The summed E-state index contributed by atoms with van der Waals surface area (Å²) in [6, 6.07) is 4.19. The van der Waals surface area contributed by atoms with Crippen LogP contribution in [0.1, 0.15) is 12.5 Å². The molecule has 1 aromatic rings. The molecule has 0 radical (unpaired) electrons. The molecule has 0 aromatic carbocycles. The molecule has 1 atom stereocenters. The Morgan fingerprint density at radius 3 is 2.80 bits per heavy atom. The third-order valence-corrected chi connectivity index (χ3v) is 3.52. The Labute approximate surface area is 91.7 Å². The number of pyridine rings is 1. The second kappa shape index (κ2) is 3.91. The van der Waals surface area contributed by atoms with Crippen molar-refractivity contribution in [1.82, 2.24) is 14.8 Å². The predicted octanol–water partition coefficient (Wildman–Crippen LogP) is 1.17. The first kappa shape index (κ1) is 10.6. The molecule has 0 amide bonds. The topological polar surface area (TPSA) is 19.4 Å². The Morgan fingerprint density at radius 2 is 2.13 bits per heavy atom. The molecular formula is C12H19N3. The largest absolute Gasteiger partial charge is 0.303 e. The van der Waals surface area contributed by atoms with Gasteiger partial charge in [-0.1, -0.05) is 6.07 Å². The molecule has 3 heteroatoms. The van der Waals surface area contributed by atoms with Gasteiger partial charge in [0, 0.05) is 32.0 Å². The number of hydrogen-bond acceptors (Lipinski definition) is 3. The molecule has 15 heavy (non-hydrogen) atoms. The minimum Gasteiger partial charge on any atom is -0.303 e. The monoisotopic (exact) mass is 205 g/mol. The van der Waals surface area contributed by atoms with Crippen LogP contribution in [0, 0.1) is 0 Å². The van der Waals surface area contributed by atoms with Crippen molar-refractivity contribution >= 4 is 0 Å². The summed E-state index contributed by atoms with van der Waals surface area (Å²) in [5.41, 5.74) is 1.40. The van der Waals surface area contributed by atoms with Gasteiger partial charge in [-0.2, -0.15) is 0 Å². The molecule has 2 heterocycles. The second-order valence-corrected chi connectivity index (χ2v) is 4.67. The lowest BCUT2D eigenvalue weighted by atomic mass is 9.89. The third kappa shape index (κ3) is 1.90. The van der Waals surface area contributed by atoms with Gasteiger partial charge in [-0.15, -0.1) is 0 Å². The average molecular weight is 205 g/mol. The van der Waals surface area contributed by atoms with Crippen LogP contribution in [0.2, 0.25) is 0 Å². The molecular weight excluding hydrogens is 186 g/mol. The molecule has 0 spiro atoms. The van der Waals surface area contributed by atoms with Crippen molar-refractivity contribution in [2.45, 2.75) is 12.5 Å². The van der Waals surface area contributed by atoms with Crippen LogP contribution in [0.3, 0.4) is 0 Å². The van der Waals surface area contributed by atoms with Gasteiger partial charge in [0.1, 0.15) is 0 Å². The average Bonchev–Trinajstić information content (AvgIpc) is 2.25. The maximum absolute atomic E-state index is 4.22. The molecule has 0 bridgehead atoms. The Balaban J connectivity index is 2.31. The summed E-state index contributed by atoms with van der Waals surface area (Å²) in [6.45, 7) is 5.61. The van der Waals surface area contributed by atoms with E-state index in [0.717, 1.165) is 19.6 Å². The van der Waals surface area contributed by atoms with Crippen LogP contribution < -0.4 is 0 Å². The number of nitrogens with zero attached hydrogens (tertiary/aromatic N) is 3. The molecule has 1 unspecified atom stereocenters. The van der Waals surface area contributed by atoms with Gasteiger partial charge in [-0.05, 0) is 32.6 Å². The number of likely N-dealkylation sites (N-methyl/N-ethyl adjacent to an activating group) is 2. The van der Waals surface area contributed by atoms with Gasteiger partial charge in [0.2, 0.25) is 0 Å². The first-order chi connectivity index (χ1) is 7.13. The fraction of sp³-hybridized carbons (Fsp3) is 0.583. The van der Waals surface area contributed by atoms with Gasteiger partial charge in [0.25, 0.3) is 0 Å². The Bertz CT molecular complexity index is 325. The van der Waals surface area contributed by atoms with Gasteiger partial charge in [0.15, 0.2) is 0 Å². The highest BCUT2D eigenvalue weighted by Crippen LogP contribution is 2.29. The molecule has 0 saturated carbocycles. The Kier molecular flexibility index (Phi) is 2.76. The SMILES string of the molecule is CN1CCN(C)C(C)(c2cccnc2)C1. The quantitative estimate of drug-likeness (QED) is 0.686. The fourth-order valence-corrected chi connectivity index (χ4v) is 2.29. The summed E-state index contributed by atoms with van der Waals surface area (Å²) in [5.74, 6) is 0. The van der Waals surface area contributed by atoms with Gasteiger partial charge >= 0.3 is 0 Å². The van der Waals surface area contributed by atoms with Crippen molar-refractivity contribution in [2.75, 3.05) is 33.7 Å². The first-order valence-corrected chi connectivity index (χ1v) is 5.43. The lowest BCUT2D eigenvalue weighted by molar-refractivity contribution is 0.0377. The van der Waals surface area contributed by atoms with E-state index in [-0.39, 0.29) is 5.54 Å². The second-order valence-electron chi connectivity index (χ2n) is 4.67. The maximum atomic E-state index is 4.22. The van der Waals surface area contributed by atoms with Crippen LogP contribution in [-0.4, -0.2) is 48.5 Å². The van der Waals surface area contributed by atoms with Crippen molar-refractivity contribution in [3.05, 3.63) is 30.1 Å². The highest BCUT2D eigenvalue weighted by atomic mass is 15.3. The highest BCUT2D eigenvalue weighted by molar-refractivity contribution is 5.21. The molecule has 2 rings (SSSR count). The van der Waals surface area contributed by atoms with Crippen LogP contribution in [0.25, 0.3) is 0 Å². The zero-order valence-electron chi connectivity index (χ0n) is 9.77. The van der Waals surface area contributed by atoms with Crippen LogP contribution in [-0.2, 0) is 5.54 Å². The van der Waals surface area contributed by atoms with Gasteiger partial charge in [-0.3, -0.25) is 9.88 Å². The standard InChI is InChI=1S/C12H19N3/c1-12(11-5-4-6-13-9-11)10-14(2)7-8-15(12)3/h4-6,9H,7-8,10H2,1-3H3. The molecule has 1 fully saturated rings.